The number of rotatable bonds is 6. The molecule has 10 nitrogen and oxygen atoms in total. The average molecular weight is 353 g/mol. The zero-order chi connectivity index (χ0) is 17.0. The van der Waals surface area contributed by atoms with Crippen molar-refractivity contribution in [3.05, 3.63) is 18.3 Å². The lowest BCUT2D eigenvalue weighted by atomic mass is 10.1. The maximum absolute atomic E-state index is 12.1. The molecule has 0 amide bonds. The maximum Gasteiger partial charge on any atom is 0.321 e. The third kappa shape index (κ3) is 3.79. The van der Waals surface area contributed by atoms with Crippen molar-refractivity contribution in [3.8, 4) is 6.01 Å². The van der Waals surface area contributed by atoms with E-state index in [1.165, 1.54) is 26.1 Å². The van der Waals surface area contributed by atoms with Crippen molar-refractivity contribution in [2.45, 2.75) is 30.8 Å². The van der Waals surface area contributed by atoms with Crippen molar-refractivity contribution < 1.29 is 13.2 Å². The van der Waals surface area contributed by atoms with Crippen LogP contribution in [0.15, 0.2) is 17.6 Å². The molecule has 1 aliphatic rings. The second-order valence-electron chi connectivity index (χ2n) is 5.33. The number of H-pyrrole nitrogens is 1. The molecule has 11 heteroatoms. The van der Waals surface area contributed by atoms with E-state index in [2.05, 4.69) is 34.5 Å². The van der Waals surface area contributed by atoms with Crippen LogP contribution in [0.25, 0.3) is 0 Å². The summed E-state index contributed by atoms with van der Waals surface area (Å²) in [6.07, 6.45) is 5.88. The van der Waals surface area contributed by atoms with Crippen LogP contribution in [0.3, 0.4) is 0 Å². The van der Waals surface area contributed by atoms with Crippen LogP contribution in [0, 0.1) is 0 Å². The average Bonchev–Trinajstić information content (AvgIpc) is 3.16. The first-order valence-corrected chi connectivity index (χ1v) is 9.09. The van der Waals surface area contributed by atoms with Crippen molar-refractivity contribution in [1.29, 1.82) is 0 Å². The van der Waals surface area contributed by atoms with Gasteiger partial charge >= 0.3 is 6.01 Å². The molecule has 0 spiro atoms. The Bertz CT molecular complexity index is 773. The Kier molecular flexibility index (Phi) is 4.90. The van der Waals surface area contributed by atoms with E-state index < -0.39 is 10.0 Å². The highest BCUT2D eigenvalue weighted by molar-refractivity contribution is 7.89. The second kappa shape index (κ2) is 7.09. The van der Waals surface area contributed by atoms with Gasteiger partial charge in [-0.25, -0.2) is 18.1 Å². The number of hydrogen-bond donors (Lipinski definition) is 2. The van der Waals surface area contributed by atoms with E-state index in [4.69, 9.17) is 4.74 Å². The van der Waals surface area contributed by atoms with Gasteiger partial charge in [0.2, 0.25) is 5.95 Å². The quantitative estimate of drug-likeness (QED) is 0.747. The molecule has 0 bridgehead atoms. The van der Waals surface area contributed by atoms with Gasteiger partial charge in [-0.1, -0.05) is 0 Å². The van der Waals surface area contributed by atoms with E-state index in [0.717, 1.165) is 25.9 Å². The first kappa shape index (κ1) is 16.6. The number of anilines is 1. The predicted octanol–water partition coefficient (Wildman–Crippen LogP) is 0.0721. The number of methoxy groups -OCH3 is 1. The molecule has 1 saturated heterocycles. The van der Waals surface area contributed by atoms with Crippen molar-refractivity contribution in [3.63, 3.8) is 0 Å². The van der Waals surface area contributed by atoms with Gasteiger partial charge < -0.3 is 14.6 Å². The molecule has 0 atom stereocenters. The summed E-state index contributed by atoms with van der Waals surface area (Å²) in [4.78, 5) is 21.0. The van der Waals surface area contributed by atoms with Crippen LogP contribution < -0.4 is 14.4 Å². The van der Waals surface area contributed by atoms with Crippen LogP contribution in [0.4, 0.5) is 5.95 Å². The number of ether oxygens (including phenoxy) is 1. The molecule has 130 valence electrons. The standard InChI is InChI=1S/C13H19N7O3S/c1-23-13-18-10(7-16-24(21,22)11-8-14-9-15-11)17-12(19-13)20-5-3-2-4-6-20/h8-9,16H,2-7H2,1H3,(H,14,15). The first-order chi connectivity index (χ1) is 11.6. The van der Waals surface area contributed by atoms with Gasteiger partial charge in [0.25, 0.3) is 10.0 Å². The number of hydrogen-bond acceptors (Lipinski definition) is 8. The summed E-state index contributed by atoms with van der Waals surface area (Å²) >= 11 is 0. The highest BCUT2D eigenvalue weighted by Gasteiger charge is 2.19. The molecule has 2 N–H and O–H groups in total. The lowest BCUT2D eigenvalue weighted by Gasteiger charge is -2.26. The van der Waals surface area contributed by atoms with Crippen LogP contribution in [0.2, 0.25) is 0 Å². The van der Waals surface area contributed by atoms with Crippen LogP contribution >= 0.6 is 0 Å². The van der Waals surface area contributed by atoms with E-state index in [0.29, 0.717) is 11.8 Å². The Morgan fingerprint density at radius 2 is 2.04 bits per heavy atom. The van der Waals surface area contributed by atoms with E-state index in [9.17, 15) is 8.42 Å². The Balaban J connectivity index is 1.77. The van der Waals surface area contributed by atoms with Gasteiger partial charge in [0.15, 0.2) is 10.9 Å². The number of piperidine rings is 1. The van der Waals surface area contributed by atoms with Crippen molar-refractivity contribution in [2.24, 2.45) is 0 Å². The summed E-state index contributed by atoms with van der Waals surface area (Å²) in [5.41, 5.74) is 0. The Morgan fingerprint density at radius 1 is 1.25 bits per heavy atom. The third-order valence-electron chi connectivity index (χ3n) is 3.65. The Hall–Kier alpha value is -2.27. The largest absolute Gasteiger partial charge is 0.467 e. The van der Waals surface area contributed by atoms with Gasteiger partial charge in [0.05, 0.1) is 26.2 Å². The summed E-state index contributed by atoms with van der Waals surface area (Å²) in [6, 6.07) is 0.168. The van der Waals surface area contributed by atoms with Gasteiger partial charge in [-0.15, -0.1) is 0 Å². The minimum absolute atomic E-state index is 0.0141. The second-order valence-corrected chi connectivity index (χ2v) is 7.06. The Morgan fingerprint density at radius 3 is 2.71 bits per heavy atom. The molecule has 0 radical (unpaired) electrons. The van der Waals surface area contributed by atoms with Gasteiger partial charge in [-0.2, -0.15) is 15.0 Å². The van der Waals surface area contributed by atoms with Crippen LogP contribution in [-0.4, -0.2) is 53.5 Å². The lowest BCUT2D eigenvalue weighted by molar-refractivity contribution is 0.374. The summed E-state index contributed by atoms with van der Waals surface area (Å²) in [5, 5.41) is -0.0141. The topological polar surface area (TPSA) is 126 Å². The van der Waals surface area contributed by atoms with Gasteiger partial charge in [-0.05, 0) is 19.3 Å². The highest BCUT2D eigenvalue weighted by Crippen LogP contribution is 2.17. The molecular formula is C13H19N7O3S. The molecule has 24 heavy (non-hydrogen) atoms. The van der Waals surface area contributed by atoms with Crippen molar-refractivity contribution in [2.75, 3.05) is 25.1 Å². The molecule has 3 heterocycles. The maximum atomic E-state index is 12.1. The fourth-order valence-electron chi connectivity index (χ4n) is 2.42. The van der Waals surface area contributed by atoms with Gasteiger partial charge in [0, 0.05) is 13.1 Å². The number of nitrogens with zero attached hydrogens (tertiary/aromatic N) is 5. The normalized spacial score (nSPS) is 15.5. The number of aromatic amines is 1. The van der Waals surface area contributed by atoms with E-state index >= 15 is 0 Å². The predicted molar refractivity (Wildman–Crippen MR) is 85.1 cm³/mol. The highest BCUT2D eigenvalue weighted by atomic mass is 32.2. The molecule has 3 rings (SSSR count). The number of aromatic nitrogens is 5. The number of nitrogens with one attached hydrogen (secondary N) is 2. The molecular weight excluding hydrogens is 334 g/mol. The minimum atomic E-state index is -3.70. The number of imidazole rings is 1. The fourth-order valence-corrected chi connectivity index (χ4v) is 3.30. The third-order valence-corrected chi connectivity index (χ3v) is 4.98. The lowest BCUT2D eigenvalue weighted by Crippen LogP contribution is -2.32. The monoisotopic (exact) mass is 353 g/mol. The van der Waals surface area contributed by atoms with Crippen molar-refractivity contribution in [1.82, 2.24) is 29.6 Å². The van der Waals surface area contributed by atoms with Gasteiger partial charge in [0.1, 0.15) is 0 Å². The molecule has 0 unspecified atom stereocenters. The molecule has 2 aromatic heterocycles. The SMILES string of the molecule is COc1nc(CNS(=O)(=O)c2cnc[nH]2)nc(N2CCCCC2)n1. The fraction of sp³-hybridized carbons (Fsp3) is 0.538. The molecule has 1 fully saturated rings. The van der Waals surface area contributed by atoms with Gasteiger partial charge in [-0.3, -0.25) is 0 Å². The minimum Gasteiger partial charge on any atom is -0.467 e. The molecule has 2 aromatic rings. The van der Waals surface area contributed by atoms with Crippen LogP contribution in [-0.2, 0) is 16.6 Å². The van der Waals surface area contributed by atoms with E-state index in [-0.39, 0.29) is 17.6 Å². The summed E-state index contributed by atoms with van der Waals surface area (Å²) in [5.74, 6) is 0.808. The molecule has 0 aromatic carbocycles. The zero-order valence-electron chi connectivity index (χ0n) is 13.3. The van der Waals surface area contributed by atoms with Crippen molar-refractivity contribution >= 4 is 16.0 Å². The van der Waals surface area contributed by atoms with Crippen LogP contribution in [0.1, 0.15) is 25.1 Å². The summed E-state index contributed by atoms with van der Waals surface area (Å²) in [6.45, 7) is 1.67. The first-order valence-electron chi connectivity index (χ1n) is 7.60. The summed E-state index contributed by atoms with van der Waals surface area (Å²) < 4.78 is 31.8. The molecule has 0 aliphatic carbocycles. The molecule has 0 saturated carbocycles. The zero-order valence-corrected chi connectivity index (χ0v) is 14.1. The Labute approximate surface area is 139 Å². The van der Waals surface area contributed by atoms with E-state index in [1.54, 1.807) is 0 Å². The number of sulfonamides is 1. The summed E-state index contributed by atoms with van der Waals surface area (Å²) in [7, 11) is -2.23. The molecule has 1 aliphatic heterocycles. The van der Waals surface area contributed by atoms with E-state index in [1.807, 2.05) is 0 Å². The van der Waals surface area contributed by atoms with Crippen LogP contribution in [0.5, 0.6) is 6.01 Å². The smallest absolute Gasteiger partial charge is 0.321 e.